The zero-order valence-corrected chi connectivity index (χ0v) is 11.2. The second-order valence-electron chi connectivity index (χ2n) is 4.28. The molecule has 2 nitrogen and oxygen atoms in total. The van der Waals surface area contributed by atoms with Crippen LogP contribution in [0.3, 0.4) is 0 Å². The first-order valence-electron chi connectivity index (χ1n) is 5.04. The highest BCUT2D eigenvalue weighted by atomic mass is 79.9. The summed E-state index contributed by atoms with van der Waals surface area (Å²) < 4.78 is 18.6. The minimum atomic E-state index is -0.630. The van der Waals surface area contributed by atoms with Gasteiger partial charge in [0.25, 0.3) is 0 Å². The van der Waals surface area contributed by atoms with E-state index in [-0.39, 0.29) is 5.82 Å². The highest BCUT2D eigenvalue weighted by Gasteiger charge is 2.27. The number of halogens is 2. The van der Waals surface area contributed by atoms with Crippen molar-refractivity contribution in [2.45, 2.75) is 32.0 Å². The molecule has 0 aliphatic rings. The molecule has 0 amide bonds. The predicted molar refractivity (Wildman–Crippen MR) is 64.9 cm³/mol. The van der Waals surface area contributed by atoms with Crippen LogP contribution in [0.25, 0.3) is 0 Å². The molecule has 1 N–H and O–H groups in total. The lowest BCUT2D eigenvalue weighted by molar-refractivity contribution is -0.0765. The van der Waals surface area contributed by atoms with Crippen molar-refractivity contribution in [1.29, 1.82) is 0 Å². The fraction of sp³-hybridized carbons (Fsp3) is 0.500. The van der Waals surface area contributed by atoms with Crippen LogP contribution in [0.2, 0.25) is 0 Å². The van der Waals surface area contributed by atoms with Crippen molar-refractivity contribution in [2.24, 2.45) is 0 Å². The molecule has 0 radical (unpaired) electrons. The van der Waals surface area contributed by atoms with E-state index in [1.54, 1.807) is 19.2 Å². The highest BCUT2D eigenvalue weighted by Crippen LogP contribution is 2.21. The van der Waals surface area contributed by atoms with E-state index in [1.807, 2.05) is 13.8 Å². The molecule has 0 bridgehead atoms. The molecule has 1 unspecified atom stereocenters. The molecule has 1 atom stereocenters. The SMILES string of the molecule is COC(C)(C)C(O)Cc1ccc(F)c(Br)c1. The van der Waals surface area contributed by atoms with Crippen molar-refractivity contribution in [3.8, 4) is 0 Å². The van der Waals surface area contributed by atoms with Gasteiger partial charge in [-0.15, -0.1) is 0 Å². The third kappa shape index (κ3) is 3.27. The summed E-state index contributed by atoms with van der Waals surface area (Å²) in [5.41, 5.74) is 0.256. The number of aliphatic hydroxyl groups is 1. The normalized spacial score (nSPS) is 13.9. The minimum Gasteiger partial charge on any atom is -0.390 e. The molecule has 1 aromatic carbocycles. The predicted octanol–water partition coefficient (Wildman–Crippen LogP) is 2.92. The lowest BCUT2D eigenvalue weighted by atomic mass is 9.95. The quantitative estimate of drug-likeness (QED) is 0.924. The molecule has 90 valence electrons. The monoisotopic (exact) mass is 290 g/mol. The number of methoxy groups -OCH3 is 1. The van der Waals surface area contributed by atoms with Crippen LogP contribution >= 0.6 is 15.9 Å². The first kappa shape index (κ1) is 13.6. The van der Waals surface area contributed by atoms with Gasteiger partial charge in [0, 0.05) is 13.5 Å². The molecule has 0 aliphatic carbocycles. The summed E-state index contributed by atoms with van der Waals surface area (Å²) in [6.07, 6.45) is -0.199. The van der Waals surface area contributed by atoms with Gasteiger partial charge in [-0.3, -0.25) is 0 Å². The van der Waals surface area contributed by atoms with Gasteiger partial charge >= 0.3 is 0 Å². The lowest BCUT2D eigenvalue weighted by Gasteiger charge is -2.29. The second kappa shape index (κ2) is 5.25. The number of hydrogen-bond donors (Lipinski definition) is 1. The van der Waals surface area contributed by atoms with E-state index in [9.17, 15) is 9.50 Å². The van der Waals surface area contributed by atoms with Gasteiger partial charge in [-0.05, 0) is 47.5 Å². The average molecular weight is 291 g/mol. The van der Waals surface area contributed by atoms with Crippen molar-refractivity contribution < 1.29 is 14.2 Å². The van der Waals surface area contributed by atoms with E-state index in [0.717, 1.165) is 5.56 Å². The topological polar surface area (TPSA) is 29.5 Å². The Morgan fingerprint density at radius 2 is 2.12 bits per heavy atom. The Kier molecular flexibility index (Phi) is 4.47. The van der Waals surface area contributed by atoms with Crippen molar-refractivity contribution in [2.75, 3.05) is 7.11 Å². The number of ether oxygens (including phenoxy) is 1. The first-order valence-corrected chi connectivity index (χ1v) is 5.83. The summed E-state index contributed by atoms with van der Waals surface area (Å²) in [6.45, 7) is 3.63. The molecular formula is C12H16BrFO2. The Bertz CT molecular complexity index is 366. The summed E-state index contributed by atoms with van der Waals surface area (Å²) in [7, 11) is 1.56. The summed E-state index contributed by atoms with van der Waals surface area (Å²) >= 11 is 3.12. The molecule has 0 spiro atoms. The fourth-order valence-corrected chi connectivity index (χ4v) is 1.70. The third-order valence-corrected chi connectivity index (χ3v) is 3.35. The molecule has 1 rings (SSSR count). The Morgan fingerprint density at radius 1 is 1.50 bits per heavy atom. The van der Waals surface area contributed by atoms with Gasteiger partial charge < -0.3 is 9.84 Å². The van der Waals surface area contributed by atoms with E-state index < -0.39 is 11.7 Å². The van der Waals surface area contributed by atoms with Crippen molar-refractivity contribution >= 4 is 15.9 Å². The van der Waals surface area contributed by atoms with Crippen LogP contribution in [0.5, 0.6) is 0 Å². The zero-order chi connectivity index (χ0) is 12.3. The van der Waals surface area contributed by atoms with Gasteiger partial charge in [0.1, 0.15) is 5.82 Å². The van der Waals surface area contributed by atoms with E-state index in [1.165, 1.54) is 6.07 Å². The number of aliphatic hydroxyl groups excluding tert-OH is 1. The summed E-state index contributed by atoms with van der Waals surface area (Å²) in [5, 5.41) is 9.96. The molecule has 0 aromatic heterocycles. The smallest absolute Gasteiger partial charge is 0.137 e. The molecule has 16 heavy (non-hydrogen) atoms. The van der Waals surface area contributed by atoms with Crippen molar-refractivity contribution in [1.82, 2.24) is 0 Å². The molecule has 0 fully saturated rings. The first-order chi connectivity index (χ1) is 7.36. The van der Waals surface area contributed by atoms with Crippen LogP contribution in [0.15, 0.2) is 22.7 Å². The Labute approximate surface area is 104 Å². The summed E-state index contributed by atoms with van der Waals surface area (Å²) in [4.78, 5) is 0. The van der Waals surface area contributed by atoms with Crippen molar-refractivity contribution in [3.63, 3.8) is 0 Å². The minimum absolute atomic E-state index is 0.302. The molecule has 0 saturated heterocycles. The van der Waals surface area contributed by atoms with Crippen molar-refractivity contribution in [3.05, 3.63) is 34.1 Å². The molecule has 0 heterocycles. The summed E-state index contributed by atoms with van der Waals surface area (Å²) in [6, 6.07) is 4.71. The third-order valence-electron chi connectivity index (χ3n) is 2.74. The Hall–Kier alpha value is -0.450. The molecular weight excluding hydrogens is 275 g/mol. The van der Waals surface area contributed by atoms with E-state index >= 15 is 0 Å². The van der Waals surface area contributed by atoms with Crippen LogP contribution in [0, 0.1) is 5.82 Å². The average Bonchev–Trinajstić information content (AvgIpc) is 2.23. The van der Waals surface area contributed by atoms with E-state index in [2.05, 4.69) is 15.9 Å². The molecule has 4 heteroatoms. The summed E-state index contributed by atoms with van der Waals surface area (Å²) in [5.74, 6) is -0.302. The standard InChI is InChI=1S/C12H16BrFO2/c1-12(2,16-3)11(15)7-8-4-5-10(14)9(13)6-8/h4-6,11,15H,7H2,1-3H3. The van der Waals surface area contributed by atoms with Gasteiger partial charge in [0.05, 0.1) is 16.2 Å². The zero-order valence-electron chi connectivity index (χ0n) is 9.63. The maximum atomic E-state index is 13.0. The molecule has 0 saturated carbocycles. The highest BCUT2D eigenvalue weighted by molar-refractivity contribution is 9.10. The van der Waals surface area contributed by atoms with Crippen LogP contribution in [-0.4, -0.2) is 23.9 Å². The molecule has 0 aliphatic heterocycles. The van der Waals surface area contributed by atoms with Crippen LogP contribution in [0.4, 0.5) is 4.39 Å². The number of benzene rings is 1. The van der Waals surface area contributed by atoms with Crippen LogP contribution in [-0.2, 0) is 11.2 Å². The van der Waals surface area contributed by atoms with E-state index in [4.69, 9.17) is 4.74 Å². The lowest BCUT2D eigenvalue weighted by Crippen LogP contribution is -2.39. The second-order valence-corrected chi connectivity index (χ2v) is 5.13. The number of rotatable bonds is 4. The van der Waals surface area contributed by atoms with Gasteiger partial charge in [-0.1, -0.05) is 6.07 Å². The Morgan fingerprint density at radius 3 is 2.62 bits per heavy atom. The van der Waals surface area contributed by atoms with Gasteiger partial charge in [0.15, 0.2) is 0 Å². The van der Waals surface area contributed by atoms with Crippen LogP contribution in [0.1, 0.15) is 19.4 Å². The van der Waals surface area contributed by atoms with Gasteiger partial charge in [0.2, 0.25) is 0 Å². The van der Waals surface area contributed by atoms with Crippen LogP contribution < -0.4 is 0 Å². The van der Waals surface area contributed by atoms with Gasteiger partial charge in [-0.2, -0.15) is 0 Å². The maximum absolute atomic E-state index is 13.0. The molecule has 1 aromatic rings. The fourth-order valence-electron chi connectivity index (χ4n) is 1.27. The maximum Gasteiger partial charge on any atom is 0.137 e. The largest absolute Gasteiger partial charge is 0.390 e. The van der Waals surface area contributed by atoms with Gasteiger partial charge in [-0.25, -0.2) is 4.39 Å². The Balaban J connectivity index is 2.77. The van der Waals surface area contributed by atoms with E-state index in [0.29, 0.717) is 10.9 Å². The number of hydrogen-bond acceptors (Lipinski definition) is 2.